The number of hydrogen-bond acceptors (Lipinski definition) is 2. The lowest BCUT2D eigenvalue weighted by molar-refractivity contribution is 0.165. The Hall–Kier alpha value is -0.550. The lowest BCUT2D eigenvalue weighted by Crippen LogP contribution is -2.45. The molecule has 2 nitrogen and oxygen atoms in total. The van der Waals surface area contributed by atoms with Crippen LogP contribution < -0.4 is 5.32 Å². The molecule has 0 aromatic carbocycles. The predicted molar refractivity (Wildman–Crippen MR) is 68.1 cm³/mol. The van der Waals surface area contributed by atoms with Crippen LogP contribution in [0.25, 0.3) is 0 Å². The molecule has 0 heterocycles. The van der Waals surface area contributed by atoms with Gasteiger partial charge in [0.2, 0.25) is 0 Å². The van der Waals surface area contributed by atoms with Crippen LogP contribution in [0.2, 0.25) is 0 Å². The first kappa shape index (κ1) is 13.5. The van der Waals surface area contributed by atoms with Gasteiger partial charge in [-0.2, -0.15) is 5.26 Å². The summed E-state index contributed by atoms with van der Waals surface area (Å²) in [5, 5.41) is 12.6. The molecule has 1 N–H and O–H groups in total. The van der Waals surface area contributed by atoms with Crippen molar-refractivity contribution < 1.29 is 0 Å². The number of nitrogens with zero attached hydrogens (tertiary/aromatic N) is 1. The standard InChI is InChI=1S/C14H26N2/c1-13(2,11-15)9-10-16-12-7-5-6-8-14(12,3)4/h12,16H,5-10H2,1-4H3. The third-order valence-corrected chi connectivity index (χ3v) is 3.95. The van der Waals surface area contributed by atoms with Crippen molar-refractivity contribution in [1.29, 1.82) is 5.26 Å². The number of nitrogens with one attached hydrogen (secondary N) is 1. The fourth-order valence-electron chi connectivity index (χ4n) is 2.49. The predicted octanol–water partition coefficient (Wildman–Crippen LogP) is 3.48. The smallest absolute Gasteiger partial charge is 0.0684 e. The normalized spacial score (nSPS) is 25.1. The van der Waals surface area contributed by atoms with Gasteiger partial charge in [0.25, 0.3) is 0 Å². The number of rotatable bonds is 4. The van der Waals surface area contributed by atoms with Crippen LogP contribution in [0.1, 0.15) is 59.8 Å². The summed E-state index contributed by atoms with van der Waals surface area (Å²) < 4.78 is 0. The second-order valence-electron chi connectivity index (χ2n) is 6.49. The van der Waals surface area contributed by atoms with Crippen molar-refractivity contribution in [3.05, 3.63) is 0 Å². The van der Waals surface area contributed by atoms with Crippen molar-refractivity contribution in [1.82, 2.24) is 5.32 Å². The third kappa shape index (κ3) is 3.79. The summed E-state index contributed by atoms with van der Waals surface area (Å²) in [6, 6.07) is 2.99. The largest absolute Gasteiger partial charge is 0.313 e. The van der Waals surface area contributed by atoms with Crippen molar-refractivity contribution in [2.24, 2.45) is 10.8 Å². The van der Waals surface area contributed by atoms with Crippen LogP contribution in [-0.2, 0) is 0 Å². The molecule has 0 amide bonds. The Bertz CT molecular complexity index is 260. The van der Waals surface area contributed by atoms with Gasteiger partial charge in [-0.15, -0.1) is 0 Å². The van der Waals surface area contributed by atoms with Gasteiger partial charge in [0.1, 0.15) is 0 Å². The van der Waals surface area contributed by atoms with Gasteiger partial charge in [-0.25, -0.2) is 0 Å². The minimum Gasteiger partial charge on any atom is -0.313 e. The van der Waals surface area contributed by atoms with E-state index >= 15 is 0 Å². The highest BCUT2D eigenvalue weighted by Gasteiger charge is 2.31. The topological polar surface area (TPSA) is 35.8 Å². The molecule has 0 aromatic rings. The zero-order valence-electron chi connectivity index (χ0n) is 11.3. The molecule has 1 aliphatic carbocycles. The van der Waals surface area contributed by atoms with E-state index in [0.717, 1.165) is 13.0 Å². The van der Waals surface area contributed by atoms with Gasteiger partial charge < -0.3 is 5.32 Å². The molecule has 16 heavy (non-hydrogen) atoms. The number of hydrogen-bond donors (Lipinski definition) is 1. The molecule has 1 rings (SSSR count). The molecule has 1 atom stereocenters. The van der Waals surface area contributed by atoms with Crippen molar-refractivity contribution >= 4 is 0 Å². The third-order valence-electron chi connectivity index (χ3n) is 3.95. The van der Waals surface area contributed by atoms with Crippen LogP contribution in [0.4, 0.5) is 0 Å². The zero-order valence-corrected chi connectivity index (χ0v) is 11.3. The Labute approximate surface area is 100 Å². The lowest BCUT2D eigenvalue weighted by atomic mass is 9.73. The summed E-state index contributed by atoms with van der Waals surface area (Å²) in [5.41, 5.74) is 0.237. The van der Waals surface area contributed by atoms with E-state index in [0.29, 0.717) is 11.5 Å². The zero-order chi connectivity index (χ0) is 12.2. The minimum atomic E-state index is -0.189. The second kappa shape index (κ2) is 5.19. The maximum Gasteiger partial charge on any atom is 0.0684 e. The van der Waals surface area contributed by atoms with Gasteiger partial charge in [0, 0.05) is 6.04 Å². The van der Waals surface area contributed by atoms with Crippen molar-refractivity contribution in [2.75, 3.05) is 6.54 Å². The fraction of sp³-hybridized carbons (Fsp3) is 0.929. The van der Waals surface area contributed by atoms with Crippen molar-refractivity contribution in [2.45, 2.75) is 65.8 Å². The average Bonchev–Trinajstić information content (AvgIpc) is 2.20. The van der Waals surface area contributed by atoms with Crippen LogP contribution in [0, 0.1) is 22.2 Å². The first-order valence-electron chi connectivity index (χ1n) is 6.52. The summed E-state index contributed by atoms with van der Waals surface area (Å²) in [6.07, 6.45) is 6.28. The van der Waals surface area contributed by atoms with Crippen LogP contribution in [0.3, 0.4) is 0 Å². The molecule has 0 aliphatic heterocycles. The molecule has 1 saturated carbocycles. The molecule has 0 bridgehead atoms. The molecular weight excluding hydrogens is 196 g/mol. The van der Waals surface area contributed by atoms with Crippen LogP contribution in [0.5, 0.6) is 0 Å². The summed E-state index contributed by atoms with van der Waals surface area (Å²) in [7, 11) is 0. The minimum absolute atomic E-state index is 0.189. The van der Waals surface area contributed by atoms with E-state index in [1.165, 1.54) is 25.7 Å². The molecule has 92 valence electrons. The Balaban J connectivity index is 2.35. The quantitative estimate of drug-likeness (QED) is 0.790. The van der Waals surface area contributed by atoms with Gasteiger partial charge >= 0.3 is 0 Å². The van der Waals surface area contributed by atoms with E-state index in [4.69, 9.17) is 5.26 Å². The Morgan fingerprint density at radius 2 is 2.06 bits per heavy atom. The van der Waals surface area contributed by atoms with Gasteiger partial charge in [0.05, 0.1) is 11.5 Å². The highest BCUT2D eigenvalue weighted by Crippen LogP contribution is 2.35. The van der Waals surface area contributed by atoms with Crippen molar-refractivity contribution in [3.8, 4) is 6.07 Å². The highest BCUT2D eigenvalue weighted by molar-refractivity contribution is 4.93. The lowest BCUT2D eigenvalue weighted by Gasteiger charge is -2.39. The summed E-state index contributed by atoms with van der Waals surface area (Å²) in [6.45, 7) is 9.72. The summed E-state index contributed by atoms with van der Waals surface area (Å²) >= 11 is 0. The molecule has 0 saturated heterocycles. The SMILES string of the molecule is CC(C)(C#N)CCNC1CCCCC1(C)C. The molecule has 0 aromatic heterocycles. The second-order valence-corrected chi connectivity index (χ2v) is 6.49. The number of nitriles is 1. The average molecular weight is 222 g/mol. The molecule has 0 spiro atoms. The van der Waals surface area contributed by atoms with E-state index in [1.807, 2.05) is 13.8 Å². The van der Waals surface area contributed by atoms with Crippen LogP contribution >= 0.6 is 0 Å². The molecule has 1 fully saturated rings. The van der Waals surface area contributed by atoms with Gasteiger partial charge in [-0.05, 0) is 45.1 Å². The van der Waals surface area contributed by atoms with Gasteiger partial charge in [-0.3, -0.25) is 0 Å². The molecule has 1 aliphatic rings. The Kier molecular flexibility index (Phi) is 4.38. The Morgan fingerprint density at radius 1 is 1.38 bits per heavy atom. The monoisotopic (exact) mass is 222 g/mol. The maximum absolute atomic E-state index is 8.96. The first-order valence-corrected chi connectivity index (χ1v) is 6.52. The first-order chi connectivity index (χ1) is 7.37. The molecule has 1 unspecified atom stereocenters. The molecule has 2 heteroatoms. The maximum atomic E-state index is 8.96. The van der Waals surface area contributed by atoms with E-state index in [2.05, 4.69) is 25.2 Å². The Morgan fingerprint density at radius 3 is 2.62 bits per heavy atom. The van der Waals surface area contributed by atoms with Crippen LogP contribution in [0.15, 0.2) is 0 Å². The summed E-state index contributed by atoms with van der Waals surface area (Å²) in [4.78, 5) is 0. The van der Waals surface area contributed by atoms with E-state index in [1.54, 1.807) is 0 Å². The molecule has 0 radical (unpaired) electrons. The van der Waals surface area contributed by atoms with E-state index < -0.39 is 0 Å². The van der Waals surface area contributed by atoms with Gasteiger partial charge in [0.15, 0.2) is 0 Å². The summed E-state index contributed by atoms with van der Waals surface area (Å²) in [5.74, 6) is 0. The molecular formula is C14H26N2. The highest BCUT2D eigenvalue weighted by atomic mass is 14.9. The van der Waals surface area contributed by atoms with Gasteiger partial charge in [-0.1, -0.05) is 26.7 Å². The van der Waals surface area contributed by atoms with Crippen LogP contribution in [-0.4, -0.2) is 12.6 Å². The fourth-order valence-corrected chi connectivity index (χ4v) is 2.49. The van der Waals surface area contributed by atoms with E-state index in [9.17, 15) is 0 Å². The van der Waals surface area contributed by atoms with E-state index in [-0.39, 0.29) is 5.41 Å². The van der Waals surface area contributed by atoms with Crippen molar-refractivity contribution in [3.63, 3.8) is 0 Å².